The first-order chi connectivity index (χ1) is 16.8. The molecule has 0 aliphatic carbocycles. The van der Waals surface area contributed by atoms with Gasteiger partial charge in [-0.2, -0.15) is 13.2 Å². The van der Waals surface area contributed by atoms with Crippen molar-refractivity contribution in [2.75, 3.05) is 18.1 Å². The van der Waals surface area contributed by atoms with Gasteiger partial charge in [-0.25, -0.2) is 5.01 Å². The molecule has 2 heterocycles. The molecular weight excluding hydrogens is 467 g/mol. The molecule has 5 rings (SSSR count). The van der Waals surface area contributed by atoms with E-state index in [4.69, 9.17) is 0 Å². The predicted octanol–water partition coefficient (Wildman–Crippen LogP) is 8.80. The molecule has 0 fully saturated rings. The van der Waals surface area contributed by atoms with Gasteiger partial charge in [0.05, 0.1) is 11.4 Å². The molecule has 0 saturated carbocycles. The van der Waals surface area contributed by atoms with Crippen molar-refractivity contribution in [2.24, 2.45) is 0 Å². The Morgan fingerprint density at radius 2 is 1.46 bits per heavy atom. The first-order valence-electron chi connectivity index (χ1n) is 12.0. The molecule has 7 heteroatoms. The van der Waals surface area contributed by atoms with Crippen molar-refractivity contribution in [1.29, 1.82) is 0 Å². The molecule has 35 heavy (non-hydrogen) atoms. The Labute approximate surface area is 207 Å². The van der Waals surface area contributed by atoms with Gasteiger partial charge in [0, 0.05) is 33.8 Å². The van der Waals surface area contributed by atoms with Gasteiger partial charge in [-0.15, -0.1) is 0 Å². The fourth-order valence-corrected chi connectivity index (χ4v) is 5.86. The number of aromatic amines is 1. The number of hydrazine groups is 1. The molecular formula is C28H28F3N3S. The maximum Gasteiger partial charge on any atom is 0.431 e. The quantitative estimate of drug-likeness (QED) is 0.289. The molecule has 0 atom stereocenters. The van der Waals surface area contributed by atoms with Crippen LogP contribution in [0.2, 0.25) is 0 Å². The highest BCUT2D eigenvalue weighted by molar-refractivity contribution is 7.99. The second-order valence-electron chi connectivity index (χ2n) is 9.00. The Bertz CT molecular complexity index is 1370. The van der Waals surface area contributed by atoms with E-state index in [0.29, 0.717) is 10.9 Å². The zero-order valence-corrected chi connectivity index (χ0v) is 20.9. The monoisotopic (exact) mass is 495 g/mol. The number of benzene rings is 3. The van der Waals surface area contributed by atoms with Crippen LogP contribution >= 0.6 is 11.8 Å². The average Bonchev–Trinajstić information content (AvgIpc) is 3.26. The van der Waals surface area contributed by atoms with Gasteiger partial charge in [0.25, 0.3) is 0 Å². The van der Waals surface area contributed by atoms with E-state index in [1.165, 1.54) is 22.2 Å². The Kier molecular flexibility index (Phi) is 6.32. The van der Waals surface area contributed by atoms with Crippen LogP contribution in [-0.2, 0) is 6.18 Å². The van der Waals surface area contributed by atoms with Crippen LogP contribution in [-0.4, -0.2) is 23.1 Å². The molecule has 0 saturated heterocycles. The normalized spacial score (nSPS) is 13.4. The van der Waals surface area contributed by atoms with E-state index < -0.39 is 11.9 Å². The molecule has 1 aromatic heterocycles. The number of anilines is 2. The first-order valence-corrected chi connectivity index (χ1v) is 12.8. The number of hydrogen-bond donors (Lipinski definition) is 1. The van der Waals surface area contributed by atoms with Gasteiger partial charge in [0.1, 0.15) is 5.69 Å². The van der Waals surface area contributed by atoms with Gasteiger partial charge >= 0.3 is 6.18 Å². The van der Waals surface area contributed by atoms with Crippen LogP contribution < -0.4 is 5.01 Å². The van der Waals surface area contributed by atoms with Crippen molar-refractivity contribution in [2.45, 2.75) is 49.6 Å². The molecule has 1 aliphatic rings. The second kappa shape index (κ2) is 9.28. The molecule has 182 valence electrons. The molecule has 3 nitrogen and oxygen atoms in total. The third-order valence-corrected chi connectivity index (χ3v) is 7.35. The van der Waals surface area contributed by atoms with E-state index in [1.54, 1.807) is 17.8 Å². The van der Waals surface area contributed by atoms with Gasteiger partial charge < -0.3 is 4.98 Å². The summed E-state index contributed by atoms with van der Waals surface area (Å²) in [6, 6.07) is 19.6. The first kappa shape index (κ1) is 23.8. The van der Waals surface area contributed by atoms with Crippen molar-refractivity contribution >= 4 is 34.0 Å². The van der Waals surface area contributed by atoms with Crippen molar-refractivity contribution in [3.63, 3.8) is 0 Å². The zero-order chi connectivity index (χ0) is 24.7. The lowest BCUT2D eigenvalue weighted by Crippen LogP contribution is -2.41. The Balaban J connectivity index is 1.58. The highest BCUT2D eigenvalue weighted by atomic mass is 32.2. The smallest absolute Gasteiger partial charge is 0.351 e. The lowest BCUT2D eigenvalue weighted by molar-refractivity contribution is -0.140. The lowest BCUT2D eigenvalue weighted by atomic mass is 10.0. The SMILES string of the molecule is CCCN(CCC)N1c2ccc(C)cc2Sc2cc(-c3ccc4[nH]c(C(F)(F)F)cc4c3)ccc21. The molecule has 0 radical (unpaired) electrons. The van der Waals surface area contributed by atoms with Crippen LogP contribution in [0.1, 0.15) is 37.9 Å². The number of rotatable bonds is 6. The van der Waals surface area contributed by atoms with Crippen LogP contribution in [0.15, 0.2) is 70.5 Å². The number of nitrogens with one attached hydrogen (secondary N) is 1. The number of H-pyrrole nitrogens is 1. The van der Waals surface area contributed by atoms with E-state index in [-0.39, 0.29) is 0 Å². The standard InChI is InChI=1S/C28H28F3N3S/c1-4-12-33(13-5-2)34-23-10-6-18(3)14-25(23)35-26-16-20(8-11-24(26)34)19-7-9-22-21(15-19)17-27(32-22)28(29,30)31/h6-11,14-17,32H,4-5,12-13H2,1-3H3. The summed E-state index contributed by atoms with van der Waals surface area (Å²) in [5, 5.41) is 5.32. The number of aryl methyl sites for hydroxylation is 1. The summed E-state index contributed by atoms with van der Waals surface area (Å²) in [6.45, 7) is 8.41. The minimum atomic E-state index is -4.39. The van der Waals surface area contributed by atoms with Crippen molar-refractivity contribution in [3.8, 4) is 11.1 Å². The summed E-state index contributed by atoms with van der Waals surface area (Å²) in [7, 11) is 0. The third-order valence-electron chi connectivity index (χ3n) is 6.26. The minimum Gasteiger partial charge on any atom is -0.351 e. The maximum atomic E-state index is 13.2. The fraction of sp³-hybridized carbons (Fsp3) is 0.286. The van der Waals surface area contributed by atoms with Gasteiger partial charge in [-0.3, -0.25) is 5.01 Å². The van der Waals surface area contributed by atoms with Crippen LogP contribution in [0.3, 0.4) is 0 Å². The lowest BCUT2D eigenvalue weighted by Gasteiger charge is -2.41. The molecule has 0 spiro atoms. The average molecular weight is 496 g/mol. The highest BCUT2D eigenvalue weighted by Gasteiger charge is 2.32. The summed E-state index contributed by atoms with van der Waals surface area (Å²) >= 11 is 1.75. The summed E-state index contributed by atoms with van der Waals surface area (Å²) in [6.07, 6.45) is -2.29. The third kappa shape index (κ3) is 4.55. The maximum absolute atomic E-state index is 13.2. The van der Waals surface area contributed by atoms with Crippen LogP contribution in [0, 0.1) is 6.92 Å². The topological polar surface area (TPSA) is 22.3 Å². The van der Waals surface area contributed by atoms with Gasteiger partial charge in [-0.1, -0.05) is 43.8 Å². The van der Waals surface area contributed by atoms with Crippen molar-refractivity contribution < 1.29 is 13.2 Å². The van der Waals surface area contributed by atoms with Gasteiger partial charge in [-0.05, 0) is 78.9 Å². The number of hydrogen-bond acceptors (Lipinski definition) is 3. The molecule has 4 aromatic rings. The summed E-state index contributed by atoms with van der Waals surface area (Å²) < 4.78 is 39.5. The van der Waals surface area contributed by atoms with Crippen molar-refractivity contribution in [1.82, 2.24) is 9.99 Å². The number of alkyl halides is 3. The number of nitrogens with zero attached hydrogens (tertiary/aromatic N) is 2. The molecule has 0 bridgehead atoms. The van der Waals surface area contributed by atoms with Gasteiger partial charge in [0.2, 0.25) is 0 Å². The highest BCUT2D eigenvalue weighted by Crippen LogP contribution is 2.50. The van der Waals surface area contributed by atoms with Crippen molar-refractivity contribution in [3.05, 3.63) is 71.9 Å². The van der Waals surface area contributed by atoms with E-state index >= 15 is 0 Å². The predicted molar refractivity (Wildman–Crippen MR) is 138 cm³/mol. The van der Waals surface area contributed by atoms with E-state index in [2.05, 4.69) is 72.2 Å². The molecule has 0 unspecified atom stereocenters. The van der Waals surface area contributed by atoms with Gasteiger partial charge in [0.15, 0.2) is 0 Å². The summed E-state index contributed by atoms with van der Waals surface area (Å²) in [5.74, 6) is 0. The van der Waals surface area contributed by atoms with E-state index in [9.17, 15) is 13.2 Å². The van der Waals surface area contributed by atoms with Crippen LogP contribution in [0.25, 0.3) is 22.0 Å². The minimum absolute atomic E-state index is 0.485. The Hall–Kier alpha value is -2.90. The Morgan fingerprint density at radius 1 is 0.829 bits per heavy atom. The molecule has 0 amide bonds. The summed E-state index contributed by atoms with van der Waals surface area (Å²) in [5.41, 5.74) is 5.19. The second-order valence-corrected chi connectivity index (χ2v) is 10.1. The molecule has 1 N–H and O–H groups in total. The molecule has 3 aromatic carbocycles. The fourth-order valence-electron chi connectivity index (χ4n) is 4.67. The number of fused-ring (bicyclic) bond motifs is 3. The van der Waals surface area contributed by atoms with E-state index in [1.807, 2.05) is 12.1 Å². The van der Waals surface area contributed by atoms with Crippen LogP contribution in [0.4, 0.5) is 24.5 Å². The van der Waals surface area contributed by atoms with E-state index in [0.717, 1.165) is 47.6 Å². The summed E-state index contributed by atoms with van der Waals surface area (Å²) in [4.78, 5) is 4.83. The number of aromatic nitrogens is 1. The Morgan fingerprint density at radius 3 is 2.14 bits per heavy atom. The zero-order valence-electron chi connectivity index (χ0n) is 20.0. The largest absolute Gasteiger partial charge is 0.431 e. The van der Waals surface area contributed by atoms with Crippen LogP contribution in [0.5, 0.6) is 0 Å². The molecule has 1 aliphatic heterocycles. The number of halogens is 3.